The van der Waals surface area contributed by atoms with Crippen molar-refractivity contribution in [2.45, 2.75) is 39.5 Å². The fraction of sp³-hybridized carbons (Fsp3) is 0.562. The predicted molar refractivity (Wildman–Crippen MR) is 83.1 cm³/mol. The Balaban J connectivity index is 2.93. The largest absolute Gasteiger partial charge is 0.496 e. The molecule has 118 valence electrons. The molecule has 0 saturated heterocycles. The summed E-state index contributed by atoms with van der Waals surface area (Å²) in [7, 11) is 3.29. The van der Waals surface area contributed by atoms with Gasteiger partial charge in [0.25, 0.3) is 0 Å². The minimum Gasteiger partial charge on any atom is -0.496 e. The molecule has 0 aliphatic carbocycles. The number of rotatable bonds is 8. The van der Waals surface area contributed by atoms with Gasteiger partial charge in [-0.25, -0.2) is 0 Å². The Labute approximate surface area is 126 Å². The van der Waals surface area contributed by atoms with Crippen LogP contribution in [0.3, 0.4) is 0 Å². The Morgan fingerprint density at radius 1 is 1.29 bits per heavy atom. The van der Waals surface area contributed by atoms with E-state index in [1.54, 1.807) is 14.2 Å². The highest BCUT2D eigenvalue weighted by Gasteiger charge is 2.22. The summed E-state index contributed by atoms with van der Waals surface area (Å²) in [5.74, 6) is 0.604. The van der Waals surface area contributed by atoms with Gasteiger partial charge in [0.2, 0.25) is 5.91 Å². The molecule has 1 amide bonds. The van der Waals surface area contributed by atoms with Crippen molar-refractivity contribution in [1.82, 2.24) is 5.32 Å². The first-order chi connectivity index (χ1) is 9.90. The molecule has 0 heterocycles. The van der Waals surface area contributed by atoms with Gasteiger partial charge in [-0.1, -0.05) is 19.9 Å². The maximum absolute atomic E-state index is 11.5. The molecule has 0 saturated carbocycles. The van der Waals surface area contributed by atoms with E-state index in [1.165, 1.54) is 0 Å². The topological polar surface area (TPSA) is 73.6 Å². The SMILES string of the molecule is COCc1cc(C(C)NC(C(N)=O)C(C)C)ccc1OC. The van der Waals surface area contributed by atoms with E-state index in [0.717, 1.165) is 16.9 Å². The zero-order valence-electron chi connectivity index (χ0n) is 13.5. The van der Waals surface area contributed by atoms with Gasteiger partial charge in [0, 0.05) is 18.7 Å². The highest BCUT2D eigenvalue weighted by Crippen LogP contribution is 2.24. The monoisotopic (exact) mass is 294 g/mol. The van der Waals surface area contributed by atoms with Gasteiger partial charge >= 0.3 is 0 Å². The molecule has 5 heteroatoms. The van der Waals surface area contributed by atoms with Gasteiger partial charge in [-0.15, -0.1) is 0 Å². The second-order valence-corrected chi connectivity index (χ2v) is 5.52. The van der Waals surface area contributed by atoms with Crippen LogP contribution in [0, 0.1) is 5.92 Å². The van der Waals surface area contributed by atoms with Gasteiger partial charge in [0.15, 0.2) is 0 Å². The van der Waals surface area contributed by atoms with Crippen molar-refractivity contribution in [3.8, 4) is 5.75 Å². The van der Waals surface area contributed by atoms with Crippen molar-refractivity contribution in [3.63, 3.8) is 0 Å². The first kappa shape index (κ1) is 17.5. The summed E-state index contributed by atoms with van der Waals surface area (Å²) in [6.07, 6.45) is 0. The second kappa shape index (κ2) is 8.00. The van der Waals surface area contributed by atoms with Gasteiger partial charge in [0.05, 0.1) is 19.8 Å². The molecule has 0 aliphatic heterocycles. The summed E-state index contributed by atoms with van der Waals surface area (Å²) in [5.41, 5.74) is 7.49. The normalized spacial score (nSPS) is 14.0. The number of nitrogens with two attached hydrogens (primary N) is 1. The van der Waals surface area contributed by atoms with E-state index in [2.05, 4.69) is 5.32 Å². The molecule has 1 rings (SSSR count). The summed E-state index contributed by atoms with van der Waals surface area (Å²) in [5, 5.41) is 3.28. The number of hydrogen-bond acceptors (Lipinski definition) is 4. The highest BCUT2D eigenvalue weighted by molar-refractivity contribution is 5.80. The van der Waals surface area contributed by atoms with Gasteiger partial charge in [-0.05, 0) is 30.5 Å². The molecule has 0 fully saturated rings. The van der Waals surface area contributed by atoms with Crippen LogP contribution in [0.5, 0.6) is 5.75 Å². The number of hydrogen-bond donors (Lipinski definition) is 2. The lowest BCUT2D eigenvalue weighted by Gasteiger charge is -2.24. The molecule has 0 radical (unpaired) electrons. The van der Waals surface area contributed by atoms with Crippen molar-refractivity contribution in [2.75, 3.05) is 14.2 Å². The molecule has 0 spiro atoms. The quantitative estimate of drug-likeness (QED) is 0.769. The van der Waals surface area contributed by atoms with Crippen LogP contribution < -0.4 is 15.8 Å². The predicted octanol–water partition coefficient (Wildman–Crippen LogP) is 2.00. The molecule has 1 aromatic carbocycles. The smallest absolute Gasteiger partial charge is 0.234 e. The van der Waals surface area contributed by atoms with Crippen molar-refractivity contribution in [3.05, 3.63) is 29.3 Å². The molecule has 0 bridgehead atoms. The number of carbonyl (C=O) groups is 1. The zero-order chi connectivity index (χ0) is 16.0. The Hall–Kier alpha value is -1.59. The van der Waals surface area contributed by atoms with Gasteiger partial charge < -0.3 is 15.2 Å². The lowest BCUT2D eigenvalue weighted by Crippen LogP contribution is -2.45. The standard InChI is InChI=1S/C16H26N2O3/c1-10(2)15(16(17)19)18-11(3)12-6-7-14(21-5)13(8-12)9-20-4/h6-8,10-11,15,18H,9H2,1-5H3,(H2,17,19). The molecular formula is C16H26N2O3. The van der Waals surface area contributed by atoms with Gasteiger partial charge in [0.1, 0.15) is 5.75 Å². The number of carbonyl (C=O) groups excluding carboxylic acids is 1. The minimum atomic E-state index is -0.354. The first-order valence-corrected chi connectivity index (χ1v) is 7.11. The number of methoxy groups -OCH3 is 2. The van der Waals surface area contributed by atoms with Crippen molar-refractivity contribution < 1.29 is 14.3 Å². The Morgan fingerprint density at radius 3 is 2.43 bits per heavy atom. The fourth-order valence-electron chi connectivity index (χ4n) is 2.30. The van der Waals surface area contributed by atoms with Crippen LogP contribution in [0.1, 0.15) is 37.9 Å². The highest BCUT2D eigenvalue weighted by atomic mass is 16.5. The number of benzene rings is 1. The van der Waals surface area contributed by atoms with E-state index in [9.17, 15) is 4.79 Å². The Morgan fingerprint density at radius 2 is 1.95 bits per heavy atom. The second-order valence-electron chi connectivity index (χ2n) is 5.52. The molecule has 21 heavy (non-hydrogen) atoms. The molecule has 2 unspecified atom stereocenters. The molecule has 1 aromatic rings. The van der Waals surface area contributed by atoms with Gasteiger partial charge in [-0.3, -0.25) is 10.1 Å². The molecule has 0 aromatic heterocycles. The van der Waals surface area contributed by atoms with E-state index in [1.807, 2.05) is 39.0 Å². The fourth-order valence-corrected chi connectivity index (χ4v) is 2.30. The van der Waals surface area contributed by atoms with E-state index in [0.29, 0.717) is 6.61 Å². The van der Waals surface area contributed by atoms with Crippen LogP contribution >= 0.6 is 0 Å². The molecular weight excluding hydrogens is 268 g/mol. The van der Waals surface area contributed by atoms with E-state index in [4.69, 9.17) is 15.2 Å². The molecule has 5 nitrogen and oxygen atoms in total. The summed E-state index contributed by atoms with van der Waals surface area (Å²) in [4.78, 5) is 11.5. The molecule has 2 atom stereocenters. The third-order valence-electron chi connectivity index (χ3n) is 3.51. The van der Waals surface area contributed by atoms with E-state index >= 15 is 0 Å². The number of primary amides is 1. The van der Waals surface area contributed by atoms with Crippen LogP contribution in [0.25, 0.3) is 0 Å². The maximum Gasteiger partial charge on any atom is 0.234 e. The van der Waals surface area contributed by atoms with Crippen LogP contribution in [0.15, 0.2) is 18.2 Å². The zero-order valence-corrected chi connectivity index (χ0v) is 13.5. The minimum absolute atomic E-state index is 0.00594. The lowest BCUT2D eigenvalue weighted by molar-refractivity contribution is -0.121. The average Bonchev–Trinajstić information content (AvgIpc) is 2.44. The first-order valence-electron chi connectivity index (χ1n) is 7.11. The summed E-state index contributed by atoms with van der Waals surface area (Å²) in [6, 6.07) is 5.57. The van der Waals surface area contributed by atoms with E-state index in [-0.39, 0.29) is 23.9 Å². The third-order valence-corrected chi connectivity index (χ3v) is 3.51. The molecule has 3 N–H and O–H groups in total. The van der Waals surface area contributed by atoms with Crippen LogP contribution in [0.4, 0.5) is 0 Å². The van der Waals surface area contributed by atoms with Crippen LogP contribution in [-0.4, -0.2) is 26.2 Å². The summed E-state index contributed by atoms with van der Waals surface area (Å²) in [6.45, 7) is 6.43. The Kier molecular flexibility index (Phi) is 6.65. The number of ether oxygens (including phenoxy) is 2. The lowest BCUT2D eigenvalue weighted by atomic mass is 9.99. The summed E-state index contributed by atoms with van der Waals surface area (Å²) >= 11 is 0. The third kappa shape index (κ3) is 4.72. The van der Waals surface area contributed by atoms with Gasteiger partial charge in [-0.2, -0.15) is 0 Å². The van der Waals surface area contributed by atoms with Crippen LogP contribution in [-0.2, 0) is 16.1 Å². The number of nitrogens with one attached hydrogen (secondary N) is 1. The van der Waals surface area contributed by atoms with E-state index < -0.39 is 0 Å². The Bertz CT molecular complexity index is 475. The van der Waals surface area contributed by atoms with Crippen molar-refractivity contribution in [2.24, 2.45) is 11.7 Å². The molecule has 0 aliphatic rings. The maximum atomic E-state index is 11.5. The van der Waals surface area contributed by atoms with Crippen molar-refractivity contribution in [1.29, 1.82) is 0 Å². The van der Waals surface area contributed by atoms with Crippen LogP contribution in [0.2, 0.25) is 0 Å². The number of amides is 1. The summed E-state index contributed by atoms with van der Waals surface area (Å²) < 4.78 is 10.5. The van der Waals surface area contributed by atoms with Crippen molar-refractivity contribution >= 4 is 5.91 Å². The average molecular weight is 294 g/mol.